The van der Waals surface area contributed by atoms with Gasteiger partial charge < -0.3 is 4.90 Å². The Hall–Kier alpha value is -1.70. The van der Waals surface area contributed by atoms with Crippen LogP contribution in [0, 0.1) is 6.92 Å². The molecule has 5 rings (SSSR count). The van der Waals surface area contributed by atoms with E-state index in [2.05, 4.69) is 45.3 Å². The third-order valence-electron chi connectivity index (χ3n) is 5.88. The first-order valence-electron chi connectivity index (χ1n) is 10.5. The van der Waals surface area contributed by atoms with Gasteiger partial charge in [-0.15, -0.1) is 11.3 Å². The number of rotatable bonds is 4. The molecular weight excluding hydrogens is 398 g/mol. The molecule has 0 radical (unpaired) electrons. The number of piperidine rings is 1. The SMILES string of the molecule is Cc1ccc2nc(CN3CCCC[C@@H]3c3nccs3)nc(N3CCSCC3)c2c1. The lowest BCUT2D eigenvalue weighted by molar-refractivity contribution is 0.137. The van der Waals surface area contributed by atoms with Crippen molar-refractivity contribution in [2.24, 2.45) is 0 Å². The highest BCUT2D eigenvalue weighted by Gasteiger charge is 2.27. The molecule has 0 unspecified atom stereocenters. The van der Waals surface area contributed by atoms with Crippen LogP contribution in [0.4, 0.5) is 5.82 Å². The number of hydrogen-bond acceptors (Lipinski definition) is 7. The van der Waals surface area contributed by atoms with Gasteiger partial charge in [0, 0.05) is 41.6 Å². The van der Waals surface area contributed by atoms with Gasteiger partial charge in [0.25, 0.3) is 0 Å². The van der Waals surface area contributed by atoms with Gasteiger partial charge in [0.05, 0.1) is 18.1 Å². The van der Waals surface area contributed by atoms with Crippen molar-refractivity contribution >= 4 is 39.8 Å². The molecule has 3 aromatic rings. The van der Waals surface area contributed by atoms with Crippen molar-refractivity contribution < 1.29 is 0 Å². The minimum absolute atomic E-state index is 0.399. The molecule has 2 fully saturated rings. The van der Waals surface area contributed by atoms with Gasteiger partial charge in [-0.1, -0.05) is 18.1 Å². The first kappa shape index (κ1) is 19.3. The monoisotopic (exact) mass is 425 g/mol. The first-order valence-corrected chi connectivity index (χ1v) is 12.5. The lowest BCUT2D eigenvalue weighted by Gasteiger charge is -2.34. The topological polar surface area (TPSA) is 45.2 Å². The fraction of sp³-hybridized carbons (Fsp3) is 0.500. The molecule has 0 bridgehead atoms. The Balaban J connectivity index is 1.50. The summed E-state index contributed by atoms with van der Waals surface area (Å²) in [5, 5.41) is 4.51. The van der Waals surface area contributed by atoms with Crippen molar-refractivity contribution in [3.8, 4) is 0 Å². The van der Waals surface area contributed by atoms with Gasteiger partial charge in [-0.3, -0.25) is 4.90 Å². The molecule has 1 aromatic carbocycles. The van der Waals surface area contributed by atoms with E-state index in [0.29, 0.717) is 6.04 Å². The Morgan fingerprint density at radius 3 is 2.83 bits per heavy atom. The minimum atomic E-state index is 0.399. The fourth-order valence-electron chi connectivity index (χ4n) is 4.40. The molecule has 0 saturated carbocycles. The van der Waals surface area contributed by atoms with Gasteiger partial charge in [0.15, 0.2) is 0 Å². The van der Waals surface area contributed by atoms with Gasteiger partial charge >= 0.3 is 0 Å². The zero-order valence-corrected chi connectivity index (χ0v) is 18.5. The van der Waals surface area contributed by atoms with Gasteiger partial charge in [-0.05, 0) is 38.4 Å². The Bertz CT molecular complexity index is 969. The van der Waals surface area contributed by atoms with Crippen LogP contribution in [-0.4, -0.2) is 51.0 Å². The quantitative estimate of drug-likeness (QED) is 0.605. The molecule has 2 aliphatic heterocycles. The molecule has 0 aliphatic carbocycles. The van der Waals surface area contributed by atoms with Crippen molar-refractivity contribution in [1.82, 2.24) is 19.9 Å². The third-order valence-corrected chi connectivity index (χ3v) is 7.70. The maximum Gasteiger partial charge on any atom is 0.145 e. The van der Waals surface area contributed by atoms with Crippen LogP contribution in [0.3, 0.4) is 0 Å². The molecule has 4 heterocycles. The molecular formula is C22H27N5S2. The van der Waals surface area contributed by atoms with Gasteiger partial charge in [-0.2, -0.15) is 11.8 Å². The Kier molecular flexibility index (Phi) is 5.70. The molecule has 5 nitrogen and oxygen atoms in total. The number of anilines is 1. The summed E-state index contributed by atoms with van der Waals surface area (Å²) in [7, 11) is 0. The normalized spacial score (nSPS) is 21.0. The van der Waals surface area contributed by atoms with Gasteiger partial charge in [-0.25, -0.2) is 15.0 Å². The van der Waals surface area contributed by atoms with Crippen LogP contribution in [0.5, 0.6) is 0 Å². The van der Waals surface area contributed by atoms with E-state index in [1.54, 1.807) is 11.3 Å². The van der Waals surface area contributed by atoms with Crippen LogP contribution in [-0.2, 0) is 6.54 Å². The Labute approximate surface area is 180 Å². The van der Waals surface area contributed by atoms with E-state index in [1.807, 2.05) is 18.0 Å². The van der Waals surface area contributed by atoms with E-state index >= 15 is 0 Å². The number of hydrogen-bond donors (Lipinski definition) is 0. The van der Waals surface area contributed by atoms with Crippen molar-refractivity contribution in [3.05, 3.63) is 46.2 Å². The molecule has 7 heteroatoms. The second-order valence-corrected chi connectivity index (χ2v) is 10.1. The van der Waals surface area contributed by atoms with E-state index in [0.717, 1.165) is 43.3 Å². The van der Waals surface area contributed by atoms with Gasteiger partial charge in [0.2, 0.25) is 0 Å². The Morgan fingerprint density at radius 2 is 2.00 bits per heavy atom. The lowest BCUT2D eigenvalue weighted by Crippen LogP contribution is -2.35. The summed E-state index contributed by atoms with van der Waals surface area (Å²) in [6, 6.07) is 6.96. The average Bonchev–Trinajstić information content (AvgIpc) is 3.29. The smallest absolute Gasteiger partial charge is 0.145 e. The van der Waals surface area contributed by atoms with Crippen LogP contribution in [0.2, 0.25) is 0 Å². The van der Waals surface area contributed by atoms with Crippen LogP contribution >= 0.6 is 23.1 Å². The number of aromatic nitrogens is 3. The largest absolute Gasteiger partial charge is 0.354 e. The molecule has 29 heavy (non-hydrogen) atoms. The molecule has 2 aromatic heterocycles. The summed E-state index contributed by atoms with van der Waals surface area (Å²) in [5.74, 6) is 4.41. The fourth-order valence-corrected chi connectivity index (χ4v) is 6.11. The summed E-state index contributed by atoms with van der Waals surface area (Å²) < 4.78 is 0. The van der Waals surface area contributed by atoms with Crippen molar-refractivity contribution in [1.29, 1.82) is 0 Å². The maximum atomic E-state index is 5.12. The molecule has 152 valence electrons. The van der Waals surface area contributed by atoms with Gasteiger partial charge in [0.1, 0.15) is 16.6 Å². The second-order valence-electron chi connectivity index (χ2n) is 7.94. The lowest BCUT2D eigenvalue weighted by atomic mass is 10.0. The molecule has 0 amide bonds. The second kappa shape index (κ2) is 8.58. The number of likely N-dealkylation sites (tertiary alicyclic amines) is 1. The molecule has 0 spiro atoms. The highest BCUT2D eigenvalue weighted by atomic mass is 32.2. The molecule has 2 saturated heterocycles. The summed E-state index contributed by atoms with van der Waals surface area (Å²) in [5.41, 5.74) is 2.33. The zero-order valence-electron chi connectivity index (χ0n) is 16.9. The number of benzene rings is 1. The summed E-state index contributed by atoms with van der Waals surface area (Å²) in [4.78, 5) is 19.7. The maximum absolute atomic E-state index is 5.12. The average molecular weight is 426 g/mol. The van der Waals surface area contributed by atoms with Crippen molar-refractivity contribution in [2.75, 3.05) is 36.0 Å². The van der Waals surface area contributed by atoms with Crippen LogP contribution in [0.25, 0.3) is 10.9 Å². The zero-order chi connectivity index (χ0) is 19.6. The third kappa shape index (κ3) is 4.13. The van der Waals surface area contributed by atoms with E-state index in [1.165, 1.54) is 46.7 Å². The highest BCUT2D eigenvalue weighted by Crippen LogP contribution is 2.34. The predicted molar refractivity (Wildman–Crippen MR) is 123 cm³/mol. The van der Waals surface area contributed by atoms with Crippen molar-refractivity contribution in [2.45, 2.75) is 38.8 Å². The number of thiazole rings is 1. The Morgan fingerprint density at radius 1 is 1.10 bits per heavy atom. The van der Waals surface area contributed by atoms with Crippen LogP contribution in [0.15, 0.2) is 29.8 Å². The van der Waals surface area contributed by atoms with Crippen LogP contribution in [0.1, 0.15) is 41.7 Å². The number of thioether (sulfide) groups is 1. The minimum Gasteiger partial charge on any atom is -0.354 e. The molecule has 1 atom stereocenters. The standard InChI is InChI=1S/C22H27N5S2/c1-16-5-6-18-17(14-16)21(26-9-12-28-13-10-26)25-20(24-18)15-27-8-3-2-4-19(27)22-23-7-11-29-22/h5-7,11,14,19H,2-4,8-10,12-13,15H2,1H3/t19-/m1/s1. The first-order chi connectivity index (χ1) is 14.3. The molecule has 0 N–H and O–H groups in total. The summed E-state index contributed by atoms with van der Waals surface area (Å²) in [6.07, 6.45) is 5.62. The highest BCUT2D eigenvalue weighted by molar-refractivity contribution is 7.99. The van der Waals surface area contributed by atoms with E-state index in [-0.39, 0.29) is 0 Å². The van der Waals surface area contributed by atoms with Crippen LogP contribution < -0.4 is 4.90 Å². The van der Waals surface area contributed by atoms with E-state index < -0.39 is 0 Å². The summed E-state index contributed by atoms with van der Waals surface area (Å²) in [6.45, 7) is 6.17. The van der Waals surface area contributed by atoms with E-state index in [9.17, 15) is 0 Å². The number of fused-ring (bicyclic) bond motifs is 1. The van der Waals surface area contributed by atoms with E-state index in [4.69, 9.17) is 9.97 Å². The van der Waals surface area contributed by atoms with Crippen molar-refractivity contribution in [3.63, 3.8) is 0 Å². The number of aryl methyl sites for hydroxylation is 1. The number of nitrogens with zero attached hydrogens (tertiary/aromatic N) is 5. The predicted octanol–water partition coefficient (Wildman–Crippen LogP) is 4.68. The molecule has 2 aliphatic rings. The summed E-state index contributed by atoms with van der Waals surface area (Å²) >= 11 is 3.80.